The molecule has 0 aliphatic rings. The number of carbonyl (C=O) groups is 1. The lowest BCUT2D eigenvalue weighted by Crippen LogP contribution is -2.11. The first-order valence-electron chi connectivity index (χ1n) is 5.25. The highest BCUT2D eigenvalue weighted by molar-refractivity contribution is 9.10. The number of hydrogen-bond acceptors (Lipinski definition) is 2. The predicted octanol–water partition coefficient (Wildman–Crippen LogP) is 4.31. The molecule has 6 heteroatoms. The SMILES string of the molecule is CCn1ncc(Br)c1C(=O)c1ccc(Cl)c(Br)c1. The number of ketones is 1. The van der Waals surface area contributed by atoms with E-state index in [2.05, 4.69) is 37.0 Å². The van der Waals surface area contributed by atoms with E-state index in [0.29, 0.717) is 31.8 Å². The van der Waals surface area contributed by atoms with Crippen LogP contribution < -0.4 is 0 Å². The van der Waals surface area contributed by atoms with Crippen LogP contribution in [0, 0.1) is 0 Å². The number of nitrogens with zero attached hydrogens (tertiary/aromatic N) is 2. The molecule has 3 nitrogen and oxygen atoms in total. The van der Waals surface area contributed by atoms with Gasteiger partial charge in [0.15, 0.2) is 0 Å². The van der Waals surface area contributed by atoms with Crippen molar-refractivity contribution in [3.63, 3.8) is 0 Å². The molecule has 2 rings (SSSR count). The van der Waals surface area contributed by atoms with Crippen molar-refractivity contribution in [2.24, 2.45) is 0 Å². The number of aryl methyl sites for hydroxylation is 1. The molecule has 94 valence electrons. The van der Waals surface area contributed by atoms with Gasteiger partial charge in [0, 0.05) is 16.6 Å². The van der Waals surface area contributed by atoms with Crippen LogP contribution in [0.3, 0.4) is 0 Å². The molecule has 18 heavy (non-hydrogen) atoms. The van der Waals surface area contributed by atoms with Gasteiger partial charge >= 0.3 is 0 Å². The molecule has 0 fully saturated rings. The van der Waals surface area contributed by atoms with Crippen LogP contribution in [-0.2, 0) is 6.54 Å². The summed E-state index contributed by atoms with van der Waals surface area (Å²) in [6.07, 6.45) is 1.63. The van der Waals surface area contributed by atoms with E-state index < -0.39 is 0 Å². The van der Waals surface area contributed by atoms with Crippen molar-refractivity contribution in [2.45, 2.75) is 13.5 Å². The van der Waals surface area contributed by atoms with Crippen molar-refractivity contribution in [2.75, 3.05) is 0 Å². The predicted molar refractivity (Wildman–Crippen MR) is 78.2 cm³/mol. The summed E-state index contributed by atoms with van der Waals surface area (Å²) in [7, 11) is 0. The van der Waals surface area contributed by atoms with Crippen LogP contribution in [0.25, 0.3) is 0 Å². The van der Waals surface area contributed by atoms with Gasteiger partial charge in [-0.25, -0.2) is 0 Å². The smallest absolute Gasteiger partial charge is 0.212 e. The number of rotatable bonds is 3. The molecule has 0 N–H and O–H groups in total. The summed E-state index contributed by atoms with van der Waals surface area (Å²) in [5.74, 6) is -0.0846. The zero-order valence-electron chi connectivity index (χ0n) is 9.45. The Hall–Kier alpha value is -0.650. The van der Waals surface area contributed by atoms with E-state index in [9.17, 15) is 4.79 Å². The molecule has 0 spiro atoms. The Morgan fingerprint density at radius 3 is 2.72 bits per heavy atom. The minimum Gasteiger partial charge on any atom is -0.287 e. The van der Waals surface area contributed by atoms with Crippen LogP contribution in [0.15, 0.2) is 33.3 Å². The number of hydrogen-bond donors (Lipinski definition) is 0. The van der Waals surface area contributed by atoms with Gasteiger partial charge in [-0.3, -0.25) is 9.48 Å². The first-order valence-corrected chi connectivity index (χ1v) is 7.22. The fourth-order valence-corrected chi connectivity index (χ4v) is 2.57. The average Bonchev–Trinajstić information content (AvgIpc) is 2.73. The van der Waals surface area contributed by atoms with Crippen LogP contribution in [0.4, 0.5) is 0 Å². The molecular formula is C12H9Br2ClN2O. The van der Waals surface area contributed by atoms with Gasteiger partial charge in [-0.05, 0) is 57.0 Å². The molecule has 2 aromatic rings. The zero-order chi connectivity index (χ0) is 13.3. The third-order valence-corrected chi connectivity index (χ3v) is 4.29. The van der Waals surface area contributed by atoms with Crippen LogP contribution >= 0.6 is 43.5 Å². The van der Waals surface area contributed by atoms with E-state index in [0.717, 1.165) is 0 Å². The average molecular weight is 392 g/mol. The quantitative estimate of drug-likeness (QED) is 0.730. The maximum absolute atomic E-state index is 12.4. The second-order valence-corrected chi connectivity index (χ2v) is 5.73. The lowest BCUT2D eigenvalue weighted by Gasteiger charge is -2.06. The van der Waals surface area contributed by atoms with Crippen LogP contribution in [0.1, 0.15) is 23.0 Å². The summed E-state index contributed by atoms with van der Waals surface area (Å²) >= 11 is 12.6. The third-order valence-electron chi connectivity index (χ3n) is 2.49. The highest BCUT2D eigenvalue weighted by atomic mass is 79.9. The van der Waals surface area contributed by atoms with Gasteiger partial charge in [-0.15, -0.1) is 0 Å². The number of carbonyl (C=O) groups excluding carboxylic acids is 1. The Morgan fingerprint density at radius 1 is 1.39 bits per heavy atom. The van der Waals surface area contributed by atoms with E-state index >= 15 is 0 Å². The second-order valence-electron chi connectivity index (χ2n) is 3.61. The van der Waals surface area contributed by atoms with Crippen LogP contribution in [0.2, 0.25) is 5.02 Å². The molecule has 0 aliphatic heterocycles. The number of benzene rings is 1. The molecule has 0 bridgehead atoms. The van der Waals surface area contributed by atoms with Crippen molar-refractivity contribution < 1.29 is 4.79 Å². The van der Waals surface area contributed by atoms with Crippen LogP contribution in [0.5, 0.6) is 0 Å². The first kappa shape index (κ1) is 13.8. The fraction of sp³-hybridized carbons (Fsp3) is 0.167. The Morgan fingerprint density at radius 2 is 2.11 bits per heavy atom. The molecule has 1 heterocycles. The third kappa shape index (κ3) is 2.53. The Kier molecular flexibility index (Phi) is 4.25. The summed E-state index contributed by atoms with van der Waals surface area (Å²) < 4.78 is 3.06. The fourth-order valence-electron chi connectivity index (χ4n) is 1.60. The lowest BCUT2D eigenvalue weighted by molar-refractivity contribution is 0.102. The summed E-state index contributed by atoms with van der Waals surface area (Å²) in [5, 5.41) is 4.71. The van der Waals surface area contributed by atoms with Gasteiger partial charge in [0.2, 0.25) is 5.78 Å². The standard InChI is InChI=1S/C12H9Br2ClN2O/c1-2-17-11(9(14)6-16-17)12(18)7-3-4-10(15)8(13)5-7/h3-6H,2H2,1H3. The zero-order valence-corrected chi connectivity index (χ0v) is 13.4. The molecule has 0 amide bonds. The van der Waals surface area contributed by atoms with Gasteiger partial charge in [-0.2, -0.15) is 5.10 Å². The molecule has 0 saturated heterocycles. The van der Waals surface area contributed by atoms with Gasteiger partial charge < -0.3 is 0 Å². The molecule has 0 aliphatic carbocycles. The minimum atomic E-state index is -0.0846. The number of aromatic nitrogens is 2. The minimum absolute atomic E-state index is 0.0846. The lowest BCUT2D eigenvalue weighted by atomic mass is 10.1. The number of halogens is 3. The molecule has 0 atom stereocenters. The molecule has 0 unspecified atom stereocenters. The van der Waals surface area contributed by atoms with Crippen molar-refractivity contribution in [3.05, 3.63) is 49.6 Å². The highest BCUT2D eigenvalue weighted by Crippen LogP contribution is 2.26. The van der Waals surface area contributed by atoms with Gasteiger partial charge in [-0.1, -0.05) is 11.6 Å². The Balaban J connectivity index is 2.47. The largest absolute Gasteiger partial charge is 0.287 e. The molecule has 0 radical (unpaired) electrons. The van der Waals surface area contributed by atoms with Crippen molar-refractivity contribution in [1.29, 1.82) is 0 Å². The normalized spacial score (nSPS) is 10.7. The highest BCUT2D eigenvalue weighted by Gasteiger charge is 2.18. The maximum Gasteiger partial charge on any atom is 0.212 e. The van der Waals surface area contributed by atoms with Crippen molar-refractivity contribution in [1.82, 2.24) is 9.78 Å². The van der Waals surface area contributed by atoms with E-state index in [1.807, 2.05) is 6.92 Å². The Bertz CT molecular complexity index is 610. The van der Waals surface area contributed by atoms with Gasteiger partial charge in [0.1, 0.15) is 5.69 Å². The van der Waals surface area contributed by atoms with E-state index in [4.69, 9.17) is 11.6 Å². The van der Waals surface area contributed by atoms with E-state index in [1.54, 1.807) is 29.1 Å². The monoisotopic (exact) mass is 390 g/mol. The second kappa shape index (κ2) is 5.55. The summed E-state index contributed by atoms with van der Waals surface area (Å²) in [4.78, 5) is 12.4. The van der Waals surface area contributed by atoms with Crippen molar-refractivity contribution in [3.8, 4) is 0 Å². The van der Waals surface area contributed by atoms with Crippen molar-refractivity contribution >= 4 is 49.2 Å². The molecule has 0 saturated carbocycles. The van der Waals surface area contributed by atoms with Crippen LogP contribution in [-0.4, -0.2) is 15.6 Å². The van der Waals surface area contributed by atoms with Gasteiger partial charge in [0.05, 0.1) is 15.7 Å². The van der Waals surface area contributed by atoms with E-state index in [1.165, 1.54) is 0 Å². The summed E-state index contributed by atoms with van der Waals surface area (Å²) in [5.41, 5.74) is 1.12. The topological polar surface area (TPSA) is 34.9 Å². The molecule has 1 aromatic heterocycles. The summed E-state index contributed by atoms with van der Waals surface area (Å²) in [6, 6.07) is 5.11. The summed E-state index contributed by atoms with van der Waals surface area (Å²) in [6.45, 7) is 2.58. The first-order chi connectivity index (χ1) is 8.54. The Labute approximate surface area is 126 Å². The van der Waals surface area contributed by atoms with E-state index in [-0.39, 0.29) is 5.78 Å². The van der Waals surface area contributed by atoms with Gasteiger partial charge in [0.25, 0.3) is 0 Å². The maximum atomic E-state index is 12.4. The molecule has 1 aromatic carbocycles. The molecular weight excluding hydrogens is 383 g/mol.